The van der Waals surface area contributed by atoms with Crippen LogP contribution in [-0.4, -0.2) is 6.29 Å². The van der Waals surface area contributed by atoms with E-state index in [0.717, 1.165) is 10.8 Å². The Morgan fingerprint density at radius 3 is 2.64 bits per heavy atom. The summed E-state index contributed by atoms with van der Waals surface area (Å²) in [5.41, 5.74) is 0.921. The van der Waals surface area contributed by atoms with Gasteiger partial charge in [-0.25, -0.2) is 4.39 Å². The minimum absolute atomic E-state index is 0.436. The second-order valence-corrected chi connectivity index (χ2v) is 3.11. The van der Waals surface area contributed by atoms with Gasteiger partial charge in [0.25, 0.3) is 0 Å². The van der Waals surface area contributed by atoms with Crippen LogP contribution in [0.2, 0.25) is 0 Å². The van der Waals surface area contributed by atoms with E-state index in [2.05, 4.69) is 0 Å². The van der Waals surface area contributed by atoms with Crippen LogP contribution in [-0.2, 0) is 6.67 Å². The molecule has 0 heterocycles. The Hall–Kier alpha value is -1.70. The Kier molecular flexibility index (Phi) is 2.27. The highest BCUT2D eigenvalue weighted by atomic mass is 19.1. The van der Waals surface area contributed by atoms with Gasteiger partial charge in [-0.2, -0.15) is 0 Å². The van der Waals surface area contributed by atoms with Crippen molar-refractivity contribution in [3.8, 4) is 0 Å². The SMILES string of the molecule is O=Cc1ccc2ccccc2c1CF. The molecule has 0 saturated heterocycles. The monoisotopic (exact) mass is 188 g/mol. The van der Waals surface area contributed by atoms with Gasteiger partial charge in [0, 0.05) is 11.1 Å². The van der Waals surface area contributed by atoms with Gasteiger partial charge in [0.15, 0.2) is 0 Å². The van der Waals surface area contributed by atoms with Crippen LogP contribution in [0.15, 0.2) is 36.4 Å². The third-order valence-electron chi connectivity index (χ3n) is 2.34. The maximum atomic E-state index is 12.7. The normalized spacial score (nSPS) is 10.4. The average molecular weight is 188 g/mol. The Morgan fingerprint density at radius 1 is 1.14 bits per heavy atom. The van der Waals surface area contributed by atoms with Gasteiger partial charge in [-0.05, 0) is 10.8 Å². The zero-order valence-electron chi connectivity index (χ0n) is 7.53. The molecule has 0 unspecified atom stereocenters. The van der Waals surface area contributed by atoms with E-state index >= 15 is 0 Å². The standard InChI is InChI=1S/C12H9FO/c13-7-12-10(8-14)6-5-9-3-1-2-4-11(9)12/h1-6,8H,7H2. The lowest BCUT2D eigenvalue weighted by Crippen LogP contribution is -1.91. The van der Waals surface area contributed by atoms with Crippen molar-refractivity contribution in [1.82, 2.24) is 0 Å². The molecule has 0 aliphatic carbocycles. The van der Waals surface area contributed by atoms with Gasteiger partial charge in [-0.3, -0.25) is 4.79 Å². The first kappa shape index (κ1) is 8.88. The molecular formula is C12H9FO. The van der Waals surface area contributed by atoms with Crippen molar-refractivity contribution in [3.63, 3.8) is 0 Å². The fourth-order valence-electron chi connectivity index (χ4n) is 1.61. The zero-order chi connectivity index (χ0) is 9.97. The molecule has 2 aromatic carbocycles. The molecule has 0 fully saturated rings. The smallest absolute Gasteiger partial charge is 0.150 e. The van der Waals surface area contributed by atoms with Gasteiger partial charge in [-0.1, -0.05) is 36.4 Å². The molecule has 0 saturated carbocycles. The molecule has 0 radical (unpaired) electrons. The number of hydrogen-bond acceptors (Lipinski definition) is 1. The summed E-state index contributed by atoms with van der Waals surface area (Å²) in [6.07, 6.45) is 0.696. The fraction of sp³-hybridized carbons (Fsp3) is 0.0833. The molecular weight excluding hydrogens is 179 g/mol. The molecule has 1 nitrogen and oxygen atoms in total. The molecule has 2 rings (SSSR count). The van der Waals surface area contributed by atoms with Crippen molar-refractivity contribution in [1.29, 1.82) is 0 Å². The number of benzene rings is 2. The van der Waals surface area contributed by atoms with E-state index in [4.69, 9.17) is 0 Å². The van der Waals surface area contributed by atoms with Crippen LogP contribution in [0.25, 0.3) is 10.8 Å². The van der Waals surface area contributed by atoms with E-state index in [1.54, 1.807) is 6.07 Å². The van der Waals surface area contributed by atoms with E-state index in [0.29, 0.717) is 17.4 Å². The van der Waals surface area contributed by atoms with Crippen LogP contribution < -0.4 is 0 Å². The molecule has 0 bridgehead atoms. The molecule has 0 amide bonds. The second-order valence-electron chi connectivity index (χ2n) is 3.11. The third kappa shape index (κ3) is 1.29. The van der Waals surface area contributed by atoms with Crippen LogP contribution in [0.1, 0.15) is 15.9 Å². The largest absolute Gasteiger partial charge is 0.298 e. The van der Waals surface area contributed by atoms with Crippen LogP contribution in [0.5, 0.6) is 0 Å². The average Bonchev–Trinajstić information content (AvgIpc) is 2.27. The Labute approximate surface area is 81.2 Å². The first-order valence-electron chi connectivity index (χ1n) is 4.38. The highest BCUT2D eigenvalue weighted by molar-refractivity contribution is 5.92. The first-order valence-corrected chi connectivity index (χ1v) is 4.38. The highest BCUT2D eigenvalue weighted by Crippen LogP contribution is 2.22. The van der Waals surface area contributed by atoms with Gasteiger partial charge in [0.2, 0.25) is 0 Å². The van der Waals surface area contributed by atoms with E-state index < -0.39 is 6.67 Å². The van der Waals surface area contributed by atoms with Crippen LogP contribution in [0.3, 0.4) is 0 Å². The number of aldehydes is 1. The van der Waals surface area contributed by atoms with E-state index in [-0.39, 0.29) is 0 Å². The summed E-state index contributed by atoms with van der Waals surface area (Å²) < 4.78 is 12.7. The minimum atomic E-state index is -0.602. The number of fused-ring (bicyclic) bond motifs is 1. The van der Waals surface area contributed by atoms with Gasteiger partial charge in [-0.15, -0.1) is 0 Å². The van der Waals surface area contributed by atoms with Crippen LogP contribution >= 0.6 is 0 Å². The van der Waals surface area contributed by atoms with Gasteiger partial charge in [0.05, 0.1) is 0 Å². The molecule has 0 aliphatic heterocycles. The van der Waals surface area contributed by atoms with Crippen molar-refractivity contribution < 1.29 is 9.18 Å². The summed E-state index contributed by atoms with van der Waals surface area (Å²) in [4.78, 5) is 10.7. The lowest BCUT2D eigenvalue weighted by atomic mass is 10.0. The summed E-state index contributed by atoms with van der Waals surface area (Å²) in [5.74, 6) is 0. The van der Waals surface area contributed by atoms with Crippen molar-refractivity contribution >= 4 is 17.1 Å². The summed E-state index contributed by atoms with van der Waals surface area (Å²) in [5, 5.41) is 1.78. The highest BCUT2D eigenvalue weighted by Gasteiger charge is 2.05. The second kappa shape index (κ2) is 3.58. The maximum Gasteiger partial charge on any atom is 0.150 e. The number of carbonyl (C=O) groups is 1. The van der Waals surface area contributed by atoms with Crippen molar-refractivity contribution in [2.75, 3.05) is 0 Å². The summed E-state index contributed by atoms with van der Waals surface area (Å²) in [6, 6.07) is 11.0. The van der Waals surface area contributed by atoms with E-state index in [1.807, 2.05) is 30.3 Å². The van der Waals surface area contributed by atoms with E-state index in [1.165, 1.54) is 0 Å². The van der Waals surface area contributed by atoms with Crippen LogP contribution in [0.4, 0.5) is 4.39 Å². The number of carbonyl (C=O) groups excluding carboxylic acids is 1. The summed E-state index contributed by atoms with van der Waals surface area (Å²) >= 11 is 0. The quantitative estimate of drug-likeness (QED) is 0.662. The van der Waals surface area contributed by atoms with Crippen molar-refractivity contribution in [2.24, 2.45) is 0 Å². The molecule has 0 N–H and O–H groups in total. The number of hydrogen-bond donors (Lipinski definition) is 0. The number of alkyl halides is 1. The molecule has 2 aromatic rings. The van der Waals surface area contributed by atoms with Crippen LogP contribution in [0, 0.1) is 0 Å². The van der Waals surface area contributed by atoms with Crippen molar-refractivity contribution in [2.45, 2.75) is 6.67 Å². The Bertz CT molecular complexity index is 477. The maximum absolute atomic E-state index is 12.7. The molecule has 0 spiro atoms. The molecule has 70 valence electrons. The molecule has 0 aromatic heterocycles. The lowest BCUT2D eigenvalue weighted by molar-refractivity contribution is 0.112. The van der Waals surface area contributed by atoms with Crippen molar-refractivity contribution in [3.05, 3.63) is 47.5 Å². The summed E-state index contributed by atoms with van der Waals surface area (Å²) in [7, 11) is 0. The fourth-order valence-corrected chi connectivity index (χ4v) is 1.61. The van der Waals surface area contributed by atoms with Gasteiger partial charge in [0.1, 0.15) is 13.0 Å². The third-order valence-corrected chi connectivity index (χ3v) is 2.34. The first-order chi connectivity index (χ1) is 6.86. The minimum Gasteiger partial charge on any atom is -0.298 e. The Balaban J connectivity index is 2.83. The molecule has 0 atom stereocenters. The van der Waals surface area contributed by atoms with E-state index in [9.17, 15) is 9.18 Å². The predicted molar refractivity (Wildman–Crippen MR) is 54.1 cm³/mol. The topological polar surface area (TPSA) is 17.1 Å². The van der Waals surface area contributed by atoms with Gasteiger partial charge < -0.3 is 0 Å². The number of halogens is 1. The molecule has 0 aliphatic rings. The molecule has 2 heteroatoms. The molecule has 14 heavy (non-hydrogen) atoms. The number of rotatable bonds is 2. The summed E-state index contributed by atoms with van der Waals surface area (Å²) in [6.45, 7) is -0.602. The van der Waals surface area contributed by atoms with Gasteiger partial charge >= 0.3 is 0 Å². The predicted octanol–water partition coefficient (Wildman–Crippen LogP) is 3.12. The lowest BCUT2D eigenvalue weighted by Gasteiger charge is -2.05. The zero-order valence-corrected chi connectivity index (χ0v) is 7.53. The Morgan fingerprint density at radius 2 is 1.93 bits per heavy atom.